The van der Waals surface area contributed by atoms with Gasteiger partial charge in [-0.15, -0.1) is 0 Å². The highest BCUT2D eigenvalue weighted by atomic mass is 19.4. The van der Waals surface area contributed by atoms with Gasteiger partial charge in [-0.1, -0.05) is 19.9 Å². The maximum Gasteiger partial charge on any atom is 0.416 e. The topological polar surface area (TPSA) is 99.2 Å². The third kappa shape index (κ3) is 4.85. The van der Waals surface area contributed by atoms with Gasteiger partial charge in [0.2, 0.25) is 5.91 Å². The molecule has 0 fully saturated rings. The minimum Gasteiger partial charge on any atom is -0.387 e. The average Bonchev–Trinajstić information content (AvgIpc) is 3.12. The zero-order valence-electron chi connectivity index (χ0n) is 18.8. The Hall–Kier alpha value is -2.79. The zero-order chi connectivity index (χ0) is 24.6. The maximum absolute atomic E-state index is 16.0. The molecule has 184 valence electrons. The molecule has 4 atom stereocenters. The number of rotatable bonds is 3. The highest BCUT2D eigenvalue weighted by Gasteiger charge is 2.41. The number of alkyl halides is 4. The summed E-state index contributed by atoms with van der Waals surface area (Å²) in [6.07, 6.45) is -6.44. The van der Waals surface area contributed by atoms with E-state index in [2.05, 4.69) is 25.9 Å². The number of nitrogens with zero attached hydrogens (tertiary/aromatic N) is 2. The van der Waals surface area contributed by atoms with E-state index in [9.17, 15) is 23.1 Å². The van der Waals surface area contributed by atoms with Gasteiger partial charge in [0.1, 0.15) is 18.3 Å². The Balaban J connectivity index is 1.86. The molecule has 0 saturated heterocycles. The van der Waals surface area contributed by atoms with Crippen molar-refractivity contribution in [1.82, 2.24) is 20.6 Å². The molecule has 2 aliphatic rings. The molecule has 11 heteroatoms. The molecule has 2 heterocycles. The lowest BCUT2D eigenvalue weighted by Gasteiger charge is -2.23. The number of carbonyl (C=O) groups is 1. The first-order valence-electron chi connectivity index (χ1n) is 11.2. The van der Waals surface area contributed by atoms with E-state index in [1.807, 2.05) is 13.8 Å². The Morgan fingerprint density at radius 2 is 1.85 bits per heavy atom. The number of aromatic nitrogens is 2. The summed E-state index contributed by atoms with van der Waals surface area (Å²) in [5.41, 5.74) is -0.540. The van der Waals surface area contributed by atoms with E-state index in [0.717, 1.165) is 12.1 Å². The van der Waals surface area contributed by atoms with Crippen molar-refractivity contribution in [3.05, 3.63) is 52.5 Å². The molecule has 2 aromatic rings. The largest absolute Gasteiger partial charge is 0.416 e. The molecule has 1 aliphatic carbocycles. The molecule has 34 heavy (non-hydrogen) atoms. The quantitative estimate of drug-likeness (QED) is 0.502. The second-order valence-electron chi connectivity index (χ2n) is 9.00. The lowest BCUT2D eigenvalue weighted by molar-refractivity contribution is -0.137. The summed E-state index contributed by atoms with van der Waals surface area (Å²) in [5, 5.41) is 19.3. The summed E-state index contributed by atoms with van der Waals surface area (Å²) in [4.78, 5) is 21.2. The molecule has 1 amide bonds. The van der Waals surface area contributed by atoms with Gasteiger partial charge in [0, 0.05) is 37.2 Å². The van der Waals surface area contributed by atoms with E-state index >= 15 is 4.39 Å². The van der Waals surface area contributed by atoms with Crippen molar-refractivity contribution in [3.63, 3.8) is 0 Å². The van der Waals surface area contributed by atoms with E-state index < -0.39 is 41.8 Å². The molecular weight excluding hydrogens is 454 g/mol. The maximum atomic E-state index is 16.0. The van der Waals surface area contributed by atoms with Crippen molar-refractivity contribution in [3.8, 4) is 0 Å². The van der Waals surface area contributed by atoms with Crippen LogP contribution in [0.4, 0.5) is 23.4 Å². The fourth-order valence-electron chi connectivity index (χ4n) is 4.56. The molecule has 1 aliphatic heterocycles. The van der Waals surface area contributed by atoms with Crippen molar-refractivity contribution in [2.75, 3.05) is 25.0 Å². The summed E-state index contributed by atoms with van der Waals surface area (Å²) in [7, 11) is 0. The molecule has 1 aromatic carbocycles. The third-order valence-electron chi connectivity index (χ3n) is 6.22. The Kier molecular flexibility index (Phi) is 6.77. The number of fused-ring (bicyclic) bond motifs is 2. The van der Waals surface area contributed by atoms with Crippen LogP contribution in [-0.4, -0.2) is 46.7 Å². The van der Waals surface area contributed by atoms with Gasteiger partial charge < -0.3 is 21.1 Å². The van der Waals surface area contributed by atoms with Gasteiger partial charge in [0.25, 0.3) is 0 Å². The Bertz CT molecular complexity index is 1060. The summed E-state index contributed by atoms with van der Waals surface area (Å²) in [6, 6.07) is 3.00. The number of anilines is 1. The van der Waals surface area contributed by atoms with Crippen LogP contribution in [0.3, 0.4) is 0 Å². The van der Waals surface area contributed by atoms with Crippen molar-refractivity contribution in [2.24, 2.45) is 0 Å². The van der Waals surface area contributed by atoms with Crippen molar-refractivity contribution < 1.29 is 27.5 Å². The monoisotopic (exact) mass is 481 g/mol. The van der Waals surface area contributed by atoms with Gasteiger partial charge in [0.15, 0.2) is 0 Å². The van der Waals surface area contributed by atoms with Gasteiger partial charge in [-0.3, -0.25) is 4.79 Å². The normalized spacial score (nSPS) is 25.0. The lowest BCUT2D eigenvalue weighted by atomic mass is 9.87. The first kappa shape index (κ1) is 24.3. The van der Waals surface area contributed by atoms with Crippen LogP contribution < -0.4 is 16.0 Å². The number of benzene rings is 1. The second-order valence-corrected chi connectivity index (χ2v) is 9.00. The Morgan fingerprint density at radius 3 is 2.56 bits per heavy atom. The van der Waals surface area contributed by atoms with Crippen LogP contribution in [0.5, 0.6) is 0 Å². The fourth-order valence-corrected chi connectivity index (χ4v) is 4.56. The summed E-state index contributed by atoms with van der Waals surface area (Å²) < 4.78 is 57.3. The number of hydrogen-bond donors (Lipinski definition) is 4. The molecular formula is C23H27F4N5O2. The van der Waals surface area contributed by atoms with Crippen LogP contribution in [0, 0.1) is 0 Å². The van der Waals surface area contributed by atoms with Crippen LogP contribution in [-0.2, 0) is 11.0 Å². The van der Waals surface area contributed by atoms with E-state index in [-0.39, 0.29) is 48.9 Å². The molecule has 4 rings (SSSR count). The first-order chi connectivity index (χ1) is 16.1. The Labute approximate surface area is 194 Å². The number of nitrogens with one attached hydrogen (secondary N) is 3. The van der Waals surface area contributed by atoms with Gasteiger partial charge in [0.05, 0.1) is 23.3 Å². The van der Waals surface area contributed by atoms with E-state index in [1.54, 1.807) is 0 Å². The number of halogens is 4. The fraction of sp³-hybridized carbons (Fsp3) is 0.522. The number of aliphatic hydroxyl groups excluding tert-OH is 1. The van der Waals surface area contributed by atoms with Gasteiger partial charge in [-0.05, 0) is 29.7 Å². The van der Waals surface area contributed by atoms with Crippen LogP contribution in [0.15, 0.2) is 24.5 Å². The van der Waals surface area contributed by atoms with Crippen LogP contribution >= 0.6 is 0 Å². The van der Waals surface area contributed by atoms with Crippen LogP contribution in [0.25, 0.3) is 0 Å². The number of amides is 1. The predicted molar refractivity (Wildman–Crippen MR) is 117 cm³/mol. The average molecular weight is 481 g/mol. The molecule has 1 unspecified atom stereocenters. The molecule has 0 spiro atoms. The molecule has 4 N–H and O–H groups in total. The summed E-state index contributed by atoms with van der Waals surface area (Å²) in [6.45, 7) is 4.24. The molecule has 0 radical (unpaired) electrons. The predicted octanol–water partition coefficient (Wildman–Crippen LogP) is 3.35. The molecule has 7 nitrogen and oxygen atoms in total. The lowest BCUT2D eigenvalue weighted by Crippen LogP contribution is -2.39. The van der Waals surface area contributed by atoms with E-state index in [1.165, 1.54) is 12.4 Å². The van der Waals surface area contributed by atoms with Gasteiger partial charge in [-0.2, -0.15) is 13.2 Å². The van der Waals surface area contributed by atoms with E-state index in [4.69, 9.17) is 0 Å². The van der Waals surface area contributed by atoms with Gasteiger partial charge >= 0.3 is 6.18 Å². The minimum atomic E-state index is -4.73. The smallest absolute Gasteiger partial charge is 0.387 e. The minimum absolute atomic E-state index is 0.00952. The Morgan fingerprint density at radius 1 is 1.15 bits per heavy atom. The highest BCUT2D eigenvalue weighted by molar-refractivity contribution is 5.84. The molecule has 2 bridgehead atoms. The van der Waals surface area contributed by atoms with E-state index in [0.29, 0.717) is 11.4 Å². The third-order valence-corrected chi connectivity index (χ3v) is 6.22. The second kappa shape index (κ2) is 9.46. The van der Waals surface area contributed by atoms with Crippen molar-refractivity contribution in [2.45, 2.75) is 56.6 Å². The van der Waals surface area contributed by atoms with Gasteiger partial charge in [-0.25, -0.2) is 14.4 Å². The molecule has 0 saturated carbocycles. The highest BCUT2D eigenvalue weighted by Crippen LogP contribution is 2.50. The number of carbonyl (C=O) groups excluding carboxylic acids is 1. The van der Waals surface area contributed by atoms with Crippen LogP contribution in [0.2, 0.25) is 0 Å². The summed E-state index contributed by atoms with van der Waals surface area (Å²) >= 11 is 0. The number of aliphatic hydroxyl groups is 1. The SMILES string of the molecule is CC(C)NC[C@H]1C(=O)NCCNc2ncnc3c2[C@@H](C[C@@H]3O)C(F)c2cc1cc(C(F)(F)F)c2. The first-order valence-corrected chi connectivity index (χ1v) is 11.2. The van der Waals surface area contributed by atoms with Crippen LogP contribution in [0.1, 0.15) is 72.3 Å². The standard InChI is InChI=1S/C23H27F4N5O2/c1-11(2)30-9-16-12-5-13(7-14(6-12)23(25,26)27)19(24)15-8-17(33)20-18(15)21(32-10-31-20)28-3-4-29-22(16)34/h5-7,10-11,15-17,19,30,33H,3-4,8-9H2,1-2H3,(H,29,34)(H,28,31,32)/t15-,16-,17+,19?/m1/s1. The zero-order valence-corrected chi connectivity index (χ0v) is 18.8. The number of hydrogen-bond acceptors (Lipinski definition) is 6. The molecule has 1 aromatic heterocycles. The van der Waals surface area contributed by atoms with Crippen molar-refractivity contribution in [1.29, 1.82) is 0 Å². The van der Waals surface area contributed by atoms with Crippen molar-refractivity contribution >= 4 is 11.7 Å². The summed E-state index contributed by atoms with van der Waals surface area (Å²) in [5.74, 6) is -2.06.